The van der Waals surface area contributed by atoms with Gasteiger partial charge in [0.1, 0.15) is 6.04 Å². The van der Waals surface area contributed by atoms with Crippen LogP contribution < -0.4 is 16.0 Å². The monoisotopic (exact) mass is 323 g/mol. The van der Waals surface area contributed by atoms with E-state index in [2.05, 4.69) is 33.1 Å². The van der Waals surface area contributed by atoms with Gasteiger partial charge in [-0.05, 0) is 40.4 Å². The summed E-state index contributed by atoms with van der Waals surface area (Å²) in [5.41, 5.74) is 8.75. The molecule has 2 atom stereocenters. The van der Waals surface area contributed by atoms with E-state index in [1.54, 1.807) is 0 Å². The SMILES string of the molecule is CCC1CCN(c2cc3c(cc2Br)C(N)C(=O)N3)C1. The second-order valence-corrected chi connectivity index (χ2v) is 6.22. The zero-order chi connectivity index (χ0) is 13.6. The molecule has 102 valence electrons. The third-order valence-electron chi connectivity index (χ3n) is 4.20. The highest BCUT2D eigenvalue weighted by Gasteiger charge is 2.30. The van der Waals surface area contributed by atoms with Crippen LogP contribution in [0.4, 0.5) is 11.4 Å². The zero-order valence-corrected chi connectivity index (χ0v) is 12.5. The lowest BCUT2D eigenvalue weighted by molar-refractivity contribution is -0.116. The Morgan fingerprint density at radius 3 is 3.00 bits per heavy atom. The first-order valence-electron chi connectivity index (χ1n) is 6.75. The van der Waals surface area contributed by atoms with Gasteiger partial charge in [0.05, 0.1) is 5.69 Å². The van der Waals surface area contributed by atoms with Crippen LogP contribution in [0.2, 0.25) is 0 Å². The summed E-state index contributed by atoms with van der Waals surface area (Å²) in [6, 6.07) is 3.48. The van der Waals surface area contributed by atoms with E-state index in [1.807, 2.05) is 12.1 Å². The zero-order valence-electron chi connectivity index (χ0n) is 10.9. The number of nitrogens with one attached hydrogen (secondary N) is 1. The molecular weight excluding hydrogens is 306 g/mol. The number of carbonyl (C=O) groups excluding carboxylic acids is 1. The summed E-state index contributed by atoms with van der Waals surface area (Å²) in [5, 5.41) is 2.85. The van der Waals surface area contributed by atoms with E-state index >= 15 is 0 Å². The van der Waals surface area contributed by atoms with Crippen molar-refractivity contribution < 1.29 is 4.79 Å². The Bertz CT molecular complexity index is 532. The third kappa shape index (κ3) is 2.15. The minimum Gasteiger partial charge on any atom is -0.370 e. The molecule has 0 radical (unpaired) electrons. The lowest BCUT2D eigenvalue weighted by Crippen LogP contribution is -2.20. The number of nitrogens with two attached hydrogens (primary N) is 1. The molecule has 3 rings (SSSR count). The molecule has 2 unspecified atom stereocenters. The minimum absolute atomic E-state index is 0.119. The number of fused-ring (bicyclic) bond motifs is 1. The van der Waals surface area contributed by atoms with Crippen LogP contribution in [-0.2, 0) is 4.79 Å². The molecule has 0 aliphatic carbocycles. The van der Waals surface area contributed by atoms with E-state index in [-0.39, 0.29) is 5.91 Å². The molecular formula is C14H18BrN3O. The quantitative estimate of drug-likeness (QED) is 0.879. The highest BCUT2D eigenvalue weighted by molar-refractivity contribution is 9.10. The fourth-order valence-corrected chi connectivity index (χ4v) is 3.53. The van der Waals surface area contributed by atoms with Crippen molar-refractivity contribution in [1.29, 1.82) is 0 Å². The van der Waals surface area contributed by atoms with Crippen molar-refractivity contribution >= 4 is 33.2 Å². The van der Waals surface area contributed by atoms with E-state index in [1.165, 1.54) is 12.8 Å². The second-order valence-electron chi connectivity index (χ2n) is 5.37. The molecule has 3 N–H and O–H groups in total. The van der Waals surface area contributed by atoms with Crippen LogP contribution in [0.25, 0.3) is 0 Å². The Hall–Kier alpha value is -1.07. The van der Waals surface area contributed by atoms with Crippen LogP contribution in [0.5, 0.6) is 0 Å². The number of benzene rings is 1. The Morgan fingerprint density at radius 1 is 1.53 bits per heavy atom. The third-order valence-corrected chi connectivity index (χ3v) is 4.83. The summed E-state index contributed by atoms with van der Waals surface area (Å²) in [4.78, 5) is 14.0. The summed E-state index contributed by atoms with van der Waals surface area (Å²) in [7, 11) is 0. The number of nitrogens with zero attached hydrogens (tertiary/aromatic N) is 1. The summed E-state index contributed by atoms with van der Waals surface area (Å²) in [6.45, 7) is 4.41. The molecule has 4 nitrogen and oxygen atoms in total. The van der Waals surface area contributed by atoms with E-state index in [9.17, 15) is 4.79 Å². The van der Waals surface area contributed by atoms with Crippen LogP contribution in [0, 0.1) is 5.92 Å². The molecule has 1 aromatic rings. The maximum atomic E-state index is 11.6. The number of halogens is 1. The Kier molecular flexibility index (Phi) is 3.27. The topological polar surface area (TPSA) is 58.4 Å². The highest BCUT2D eigenvalue weighted by Crippen LogP contribution is 2.39. The van der Waals surface area contributed by atoms with Gasteiger partial charge in [-0.3, -0.25) is 4.79 Å². The normalized spacial score (nSPS) is 25.6. The van der Waals surface area contributed by atoms with Gasteiger partial charge in [-0.2, -0.15) is 0 Å². The smallest absolute Gasteiger partial charge is 0.245 e. The fourth-order valence-electron chi connectivity index (χ4n) is 2.92. The molecule has 0 bridgehead atoms. The summed E-state index contributed by atoms with van der Waals surface area (Å²) in [5.74, 6) is 0.656. The van der Waals surface area contributed by atoms with E-state index in [4.69, 9.17) is 5.73 Å². The Morgan fingerprint density at radius 2 is 2.32 bits per heavy atom. The number of hydrogen-bond donors (Lipinski definition) is 2. The first-order chi connectivity index (χ1) is 9.10. The molecule has 2 heterocycles. The Balaban J connectivity index is 1.92. The van der Waals surface area contributed by atoms with Crippen molar-refractivity contribution in [1.82, 2.24) is 0 Å². The second kappa shape index (κ2) is 4.80. The van der Waals surface area contributed by atoms with Gasteiger partial charge in [-0.25, -0.2) is 0 Å². The van der Waals surface area contributed by atoms with Crippen LogP contribution in [0.15, 0.2) is 16.6 Å². The lowest BCUT2D eigenvalue weighted by atomic mass is 10.1. The van der Waals surface area contributed by atoms with Crippen molar-refractivity contribution in [3.05, 3.63) is 22.2 Å². The van der Waals surface area contributed by atoms with Crippen molar-refractivity contribution in [3.63, 3.8) is 0 Å². The van der Waals surface area contributed by atoms with Crippen LogP contribution in [-0.4, -0.2) is 19.0 Å². The molecule has 2 aliphatic rings. The van der Waals surface area contributed by atoms with E-state index in [0.29, 0.717) is 0 Å². The molecule has 0 spiro atoms. The first-order valence-corrected chi connectivity index (χ1v) is 7.54. The van der Waals surface area contributed by atoms with Crippen molar-refractivity contribution in [3.8, 4) is 0 Å². The molecule has 1 saturated heterocycles. The first kappa shape index (κ1) is 12.9. The van der Waals surface area contributed by atoms with E-state index in [0.717, 1.165) is 40.4 Å². The number of rotatable bonds is 2. The largest absolute Gasteiger partial charge is 0.370 e. The standard InChI is InChI=1S/C14H18BrN3O/c1-2-8-3-4-18(7-8)12-6-11-9(5-10(12)15)13(16)14(19)17-11/h5-6,8,13H,2-4,7,16H2,1H3,(H,17,19). The maximum Gasteiger partial charge on any atom is 0.245 e. The molecule has 0 aromatic heterocycles. The molecule has 1 aromatic carbocycles. The van der Waals surface area contributed by atoms with Gasteiger partial charge >= 0.3 is 0 Å². The fraction of sp³-hybridized carbons (Fsp3) is 0.500. The van der Waals surface area contributed by atoms with Gasteiger partial charge in [0.25, 0.3) is 0 Å². The predicted octanol–water partition coefficient (Wildman–Crippen LogP) is 2.64. The molecule has 1 amide bonds. The van der Waals surface area contributed by atoms with Gasteiger partial charge in [0.15, 0.2) is 0 Å². The molecule has 19 heavy (non-hydrogen) atoms. The maximum absolute atomic E-state index is 11.6. The van der Waals surface area contributed by atoms with Crippen LogP contribution >= 0.6 is 15.9 Å². The molecule has 0 saturated carbocycles. The van der Waals surface area contributed by atoms with Gasteiger partial charge < -0.3 is 16.0 Å². The van der Waals surface area contributed by atoms with Gasteiger partial charge in [-0.1, -0.05) is 13.3 Å². The van der Waals surface area contributed by atoms with Crippen molar-refractivity contribution in [2.45, 2.75) is 25.8 Å². The number of hydrogen-bond acceptors (Lipinski definition) is 3. The minimum atomic E-state index is -0.540. The average molecular weight is 324 g/mol. The number of amides is 1. The number of anilines is 2. The van der Waals surface area contributed by atoms with Crippen LogP contribution in [0.3, 0.4) is 0 Å². The van der Waals surface area contributed by atoms with Crippen molar-refractivity contribution in [2.75, 3.05) is 23.3 Å². The van der Waals surface area contributed by atoms with E-state index < -0.39 is 6.04 Å². The molecule has 2 aliphatic heterocycles. The van der Waals surface area contributed by atoms with Crippen molar-refractivity contribution in [2.24, 2.45) is 11.7 Å². The summed E-state index contributed by atoms with van der Waals surface area (Å²) < 4.78 is 1.02. The van der Waals surface area contributed by atoms with Gasteiger partial charge in [0.2, 0.25) is 5.91 Å². The average Bonchev–Trinajstić information content (AvgIpc) is 2.96. The Labute approximate surface area is 121 Å². The summed E-state index contributed by atoms with van der Waals surface area (Å²) >= 11 is 3.61. The van der Waals surface area contributed by atoms with Gasteiger partial charge in [0, 0.05) is 28.8 Å². The number of carbonyl (C=O) groups is 1. The highest BCUT2D eigenvalue weighted by atomic mass is 79.9. The molecule has 1 fully saturated rings. The predicted molar refractivity (Wildman–Crippen MR) is 80.3 cm³/mol. The summed E-state index contributed by atoms with van der Waals surface area (Å²) in [6.07, 6.45) is 2.46. The molecule has 5 heteroatoms. The van der Waals surface area contributed by atoms with Gasteiger partial charge in [-0.15, -0.1) is 0 Å². The van der Waals surface area contributed by atoms with Crippen LogP contribution in [0.1, 0.15) is 31.4 Å². The lowest BCUT2D eigenvalue weighted by Gasteiger charge is -2.21.